The summed E-state index contributed by atoms with van der Waals surface area (Å²) in [5, 5.41) is 2.94. The summed E-state index contributed by atoms with van der Waals surface area (Å²) in [6, 6.07) is 13.9. The number of benzene rings is 2. The highest BCUT2D eigenvalue weighted by atomic mass is 19.1. The fraction of sp³-hybridized carbons (Fsp3) is 0.350. The maximum atomic E-state index is 13.9. The number of rotatable bonds is 6. The van der Waals surface area contributed by atoms with Crippen LogP contribution < -0.4 is 15.0 Å². The largest absolute Gasteiger partial charge is 0.497 e. The molecule has 2 aromatic rings. The molecule has 1 aliphatic rings. The Morgan fingerprint density at radius 2 is 1.77 bits per heavy atom. The molecule has 3 rings (SSSR count). The molecule has 5 nitrogen and oxygen atoms in total. The van der Waals surface area contributed by atoms with Gasteiger partial charge in [-0.2, -0.15) is 0 Å². The van der Waals surface area contributed by atoms with Crippen molar-refractivity contribution in [2.75, 3.05) is 51.3 Å². The molecule has 138 valence electrons. The first-order valence-electron chi connectivity index (χ1n) is 8.81. The zero-order valence-corrected chi connectivity index (χ0v) is 15.0. The molecule has 6 heteroatoms. The number of piperazine rings is 1. The summed E-state index contributed by atoms with van der Waals surface area (Å²) in [5.74, 6) is 0.472. The highest BCUT2D eigenvalue weighted by Gasteiger charge is 2.19. The second-order valence-electron chi connectivity index (χ2n) is 6.26. The zero-order valence-electron chi connectivity index (χ0n) is 15.0. The minimum atomic E-state index is -0.173. The van der Waals surface area contributed by atoms with Gasteiger partial charge in [-0.25, -0.2) is 4.39 Å². The lowest BCUT2D eigenvalue weighted by Crippen LogP contribution is -2.48. The second kappa shape index (κ2) is 8.67. The first kappa shape index (κ1) is 18.2. The number of anilines is 1. The summed E-state index contributed by atoms with van der Waals surface area (Å²) < 4.78 is 19.0. The van der Waals surface area contributed by atoms with Crippen molar-refractivity contribution in [3.8, 4) is 5.75 Å². The average Bonchev–Trinajstić information content (AvgIpc) is 2.69. The molecule has 0 radical (unpaired) electrons. The molecule has 1 aliphatic heterocycles. The molecule has 0 bridgehead atoms. The van der Waals surface area contributed by atoms with Crippen LogP contribution in [0, 0.1) is 5.82 Å². The van der Waals surface area contributed by atoms with Crippen molar-refractivity contribution in [3.05, 3.63) is 59.9 Å². The van der Waals surface area contributed by atoms with E-state index in [-0.39, 0.29) is 11.7 Å². The lowest BCUT2D eigenvalue weighted by atomic mass is 10.2. The molecule has 0 spiro atoms. The number of carbonyl (C=O) groups excluding carboxylic acids is 1. The van der Waals surface area contributed by atoms with Crippen molar-refractivity contribution in [1.29, 1.82) is 0 Å². The molecule has 0 atom stereocenters. The monoisotopic (exact) mass is 357 g/mol. The van der Waals surface area contributed by atoms with Gasteiger partial charge in [-0.15, -0.1) is 0 Å². The van der Waals surface area contributed by atoms with Crippen molar-refractivity contribution < 1.29 is 13.9 Å². The van der Waals surface area contributed by atoms with E-state index in [9.17, 15) is 9.18 Å². The number of hydrogen-bond acceptors (Lipinski definition) is 4. The van der Waals surface area contributed by atoms with Gasteiger partial charge in [0.15, 0.2) is 0 Å². The Kier molecular flexibility index (Phi) is 6.07. The molecule has 0 aliphatic carbocycles. The number of nitrogens with one attached hydrogen (secondary N) is 1. The molecule has 0 aromatic heterocycles. The molecule has 1 fully saturated rings. The molecule has 0 saturated carbocycles. The summed E-state index contributed by atoms with van der Waals surface area (Å²) >= 11 is 0. The van der Waals surface area contributed by atoms with E-state index in [0.717, 1.165) is 38.5 Å². The van der Waals surface area contributed by atoms with Gasteiger partial charge < -0.3 is 15.0 Å². The summed E-state index contributed by atoms with van der Waals surface area (Å²) in [5.41, 5.74) is 1.29. The van der Waals surface area contributed by atoms with Crippen LogP contribution in [0.5, 0.6) is 5.75 Å². The van der Waals surface area contributed by atoms with Gasteiger partial charge in [0.2, 0.25) is 0 Å². The summed E-state index contributed by atoms with van der Waals surface area (Å²) in [6.45, 7) is 4.65. The fourth-order valence-electron chi connectivity index (χ4n) is 3.09. The van der Waals surface area contributed by atoms with Gasteiger partial charge >= 0.3 is 0 Å². The van der Waals surface area contributed by atoms with E-state index < -0.39 is 0 Å². The van der Waals surface area contributed by atoms with E-state index in [0.29, 0.717) is 17.8 Å². The molecule has 1 amide bonds. The summed E-state index contributed by atoms with van der Waals surface area (Å²) in [4.78, 5) is 16.5. The number of methoxy groups -OCH3 is 1. The Bertz CT molecular complexity index is 728. The third kappa shape index (κ3) is 4.52. The number of amides is 1. The van der Waals surface area contributed by atoms with E-state index in [1.165, 1.54) is 6.07 Å². The maximum Gasteiger partial charge on any atom is 0.251 e. The van der Waals surface area contributed by atoms with Gasteiger partial charge in [0, 0.05) is 44.8 Å². The number of hydrogen-bond donors (Lipinski definition) is 1. The van der Waals surface area contributed by atoms with E-state index in [4.69, 9.17) is 4.74 Å². The molecule has 1 N–H and O–H groups in total. The lowest BCUT2D eigenvalue weighted by Gasteiger charge is -2.36. The van der Waals surface area contributed by atoms with Crippen molar-refractivity contribution in [2.24, 2.45) is 0 Å². The van der Waals surface area contributed by atoms with Gasteiger partial charge in [-0.1, -0.05) is 12.1 Å². The highest BCUT2D eigenvalue weighted by molar-refractivity contribution is 5.94. The SMILES string of the molecule is COc1ccc(C(=O)NCCN2CCN(c3ccccc3F)CC2)cc1. The third-order valence-electron chi connectivity index (χ3n) is 4.63. The molecule has 1 heterocycles. The topological polar surface area (TPSA) is 44.8 Å². The Labute approximate surface area is 153 Å². The van der Waals surface area contributed by atoms with Crippen LogP contribution in [0.15, 0.2) is 48.5 Å². The second-order valence-corrected chi connectivity index (χ2v) is 6.26. The number of halogens is 1. The third-order valence-corrected chi connectivity index (χ3v) is 4.63. The number of carbonyl (C=O) groups is 1. The standard InChI is InChI=1S/C20H24FN3O2/c1-26-17-8-6-16(7-9-17)20(25)22-10-11-23-12-14-24(15-13-23)19-5-3-2-4-18(19)21/h2-9H,10-15H2,1H3,(H,22,25). The van der Waals surface area contributed by atoms with Gasteiger partial charge in [-0.05, 0) is 36.4 Å². The molecule has 26 heavy (non-hydrogen) atoms. The predicted octanol–water partition coefficient (Wildman–Crippen LogP) is 2.39. The van der Waals surface area contributed by atoms with Crippen LogP contribution >= 0.6 is 0 Å². The maximum absolute atomic E-state index is 13.9. The quantitative estimate of drug-likeness (QED) is 0.862. The van der Waals surface area contributed by atoms with Crippen molar-refractivity contribution >= 4 is 11.6 Å². The smallest absolute Gasteiger partial charge is 0.251 e. The normalized spacial score (nSPS) is 14.9. The van der Waals surface area contributed by atoms with Crippen molar-refractivity contribution in [3.63, 3.8) is 0 Å². The molecule has 1 saturated heterocycles. The van der Waals surface area contributed by atoms with Crippen LogP contribution in [0.1, 0.15) is 10.4 Å². The Balaban J connectivity index is 1.41. The zero-order chi connectivity index (χ0) is 18.4. The summed E-state index contributed by atoms with van der Waals surface area (Å²) in [6.07, 6.45) is 0. The van der Waals surface area contributed by atoms with Gasteiger partial charge in [-0.3, -0.25) is 9.69 Å². The van der Waals surface area contributed by atoms with E-state index in [2.05, 4.69) is 15.1 Å². The van der Waals surface area contributed by atoms with Gasteiger partial charge in [0.05, 0.1) is 12.8 Å². The Morgan fingerprint density at radius 1 is 1.08 bits per heavy atom. The minimum Gasteiger partial charge on any atom is -0.497 e. The number of para-hydroxylation sites is 1. The minimum absolute atomic E-state index is 0.0855. The van der Waals surface area contributed by atoms with Crippen LogP contribution in [0.25, 0.3) is 0 Å². The molecule has 0 unspecified atom stereocenters. The van der Waals surface area contributed by atoms with E-state index >= 15 is 0 Å². The highest BCUT2D eigenvalue weighted by Crippen LogP contribution is 2.20. The average molecular weight is 357 g/mol. The Hall–Kier alpha value is -2.60. The first-order valence-corrected chi connectivity index (χ1v) is 8.81. The van der Waals surface area contributed by atoms with E-state index in [1.54, 1.807) is 37.4 Å². The lowest BCUT2D eigenvalue weighted by molar-refractivity contribution is 0.0947. The molecular weight excluding hydrogens is 333 g/mol. The first-order chi connectivity index (χ1) is 12.7. The van der Waals surface area contributed by atoms with Crippen LogP contribution in [0.4, 0.5) is 10.1 Å². The fourth-order valence-corrected chi connectivity index (χ4v) is 3.09. The Morgan fingerprint density at radius 3 is 2.42 bits per heavy atom. The number of ether oxygens (including phenoxy) is 1. The van der Waals surface area contributed by atoms with E-state index in [1.807, 2.05) is 12.1 Å². The number of nitrogens with zero attached hydrogens (tertiary/aromatic N) is 2. The van der Waals surface area contributed by atoms with Crippen molar-refractivity contribution in [1.82, 2.24) is 10.2 Å². The summed E-state index contributed by atoms with van der Waals surface area (Å²) in [7, 11) is 1.60. The molecular formula is C20H24FN3O2. The van der Waals surface area contributed by atoms with Crippen LogP contribution in [0.2, 0.25) is 0 Å². The van der Waals surface area contributed by atoms with Crippen LogP contribution in [-0.4, -0.2) is 57.2 Å². The van der Waals surface area contributed by atoms with Crippen molar-refractivity contribution in [2.45, 2.75) is 0 Å². The van der Waals surface area contributed by atoms with Gasteiger partial charge in [0.25, 0.3) is 5.91 Å². The molecule has 2 aromatic carbocycles. The van der Waals surface area contributed by atoms with Crippen LogP contribution in [-0.2, 0) is 0 Å². The van der Waals surface area contributed by atoms with Crippen LogP contribution in [0.3, 0.4) is 0 Å². The van der Waals surface area contributed by atoms with Gasteiger partial charge in [0.1, 0.15) is 11.6 Å². The predicted molar refractivity (Wildman–Crippen MR) is 100 cm³/mol.